The minimum Gasteiger partial charge on any atom is -0.506 e. The van der Waals surface area contributed by atoms with Gasteiger partial charge >= 0.3 is 0 Å². The van der Waals surface area contributed by atoms with Gasteiger partial charge in [-0.15, -0.1) is 6.58 Å². The van der Waals surface area contributed by atoms with Crippen molar-refractivity contribution < 1.29 is 5.11 Å². The number of halogens is 2. The lowest BCUT2D eigenvalue weighted by molar-refractivity contribution is 0.468. The van der Waals surface area contributed by atoms with Crippen LogP contribution in [-0.2, 0) is 0 Å². The molecule has 0 heterocycles. The molecular weight excluding hydrogens is 382 g/mol. The molecule has 0 unspecified atom stereocenters. The highest BCUT2D eigenvalue weighted by molar-refractivity contribution is 9.11. The van der Waals surface area contributed by atoms with Crippen molar-refractivity contribution in [1.29, 1.82) is 0 Å². The second-order valence-corrected chi connectivity index (χ2v) is 5.32. The summed E-state index contributed by atoms with van der Waals surface area (Å²) in [5, 5.41) is 16.8. The zero-order valence-corrected chi connectivity index (χ0v) is 13.3. The first-order chi connectivity index (χ1) is 8.54. The summed E-state index contributed by atoms with van der Waals surface area (Å²) in [6.07, 6.45) is 3.29. The number of phenolic OH excluding ortho intramolecular Hbond substituents is 1. The van der Waals surface area contributed by atoms with E-state index >= 15 is 0 Å². The summed E-state index contributed by atoms with van der Waals surface area (Å²) in [4.78, 5) is 0. The normalized spacial score (nSPS) is 10.3. The summed E-state index contributed by atoms with van der Waals surface area (Å²) in [7, 11) is 0. The minimum absolute atomic E-state index is 0.156. The summed E-state index contributed by atoms with van der Waals surface area (Å²) in [5.74, 6) is 0.156. The van der Waals surface area contributed by atoms with Gasteiger partial charge in [-0.05, 0) is 61.8 Å². The predicted octanol–water partition coefficient (Wildman–Crippen LogP) is 2.90. The van der Waals surface area contributed by atoms with Crippen LogP contribution in [0.4, 0.5) is 0 Å². The van der Waals surface area contributed by atoms with Gasteiger partial charge in [-0.1, -0.05) is 6.08 Å². The van der Waals surface area contributed by atoms with Crippen LogP contribution >= 0.6 is 44.1 Å². The Balaban J connectivity index is 2.62. The highest BCUT2D eigenvalue weighted by Crippen LogP contribution is 2.32. The monoisotopic (exact) mass is 391 g/mol. The number of rotatable bonds is 4. The van der Waals surface area contributed by atoms with E-state index in [9.17, 15) is 5.11 Å². The Bertz CT molecular complexity index is 468. The van der Waals surface area contributed by atoms with E-state index in [2.05, 4.69) is 54.3 Å². The van der Waals surface area contributed by atoms with Crippen LogP contribution in [0.15, 0.2) is 38.8 Å². The topological polar surface area (TPSA) is 56.7 Å². The van der Waals surface area contributed by atoms with E-state index in [-0.39, 0.29) is 5.75 Å². The van der Waals surface area contributed by atoms with Gasteiger partial charge in [-0.2, -0.15) is 5.10 Å². The van der Waals surface area contributed by atoms with Gasteiger partial charge in [0.15, 0.2) is 5.11 Å². The summed E-state index contributed by atoms with van der Waals surface area (Å²) in [5.41, 5.74) is 3.48. The second kappa shape index (κ2) is 7.50. The fraction of sp³-hybridized carbons (Fsp3) is 0.0909. The number of thiocarbonyl (C=S) groups is 1. The lowest BCUT2D eigenvalue weighted by Gasteiger charge is -2.04. The lowest BCUT2D eigenvalue weighted by atomic mass is 10.2. The van der Waals surface area contributed by atoms with Crippen LogP contribution in [0.5, 0.6) is 5.75 Å². The third kappa shape index (κ3) is 4.75. The van der Waals surface area contributed by atoms with Crippen LogP contribution in [0.25, 0.3) is 0 Å². The molecule has 0 aliphatic rings. The molecule has 1 rings (SSSR count). The van der Waals surface area contributed by atoms with Gasteiger partial charge in [0.1, 0.15) is 5.75 Å². The van der Waals surface area contributed by atoms with E-state index in [1.165, 1.54) is 0 Å². The molecule has 4 nitrogen and oxygen atoms in total. The molecule has 1 aromatic carbocycles. The Hall–Kier alpha value is -0.920. The summed E-state index contributed by atoms with van der Waals surface area (Å²) in [6, 6.07) is 3.48. The van der Waals surface area contributed by atoms with Crippen molar-refractivity contribution in [3.05, 3.63) is 39.3 Å². The average molecular weight is 393 g/mol. The van der Waals surface area contributed by atoms with E-state index in [0.717, 1.165) is 5.56 Å². The van der Waals surface area contributed by atoms with Gasteiger partial charge in [-0.25, -0.2) is 0 Å². The van der Waals surface area contributed by atoms with E-state index in [0.29, 0.717) is 20.6 Å². The van der Waals surface area contributed by atoms with Crippen LogP contribution in [0, 0.1) is 0 Å². The van der Waals surface area contributed by atoms with Crippen molar-refractivity contribution in [2.75, 3.05) is 6.54 Å². The summed E-state index contributed by atoms with van der Waals surface area (Å²) in [6.45, 7) is 4.15. The van der Waals surface area contributed by atoms with Gasteiger partial charge in [0, 0.05) is 6.54 Å². The standard InChI is InChI=1S/C11H11Br2N3OS/c1-2-3-14-11(18)16-15-6-7-4-8(12)10(17)9(13)5-7/h2,4-6,17H,1,3H2,(H2,14,16,18). The summed E-state index contributed by atoms with van der Waals surface area (Å²) >= 11 is 11.4. The van der Waals surface area contributed by atoms with Crippen LogP contribution in [0.1, 0.15) is 5.56 Å². The average Bonchev–Trinajstić information content (AvgIpc) is 2.33. The van der Waals surface area contributed by atoms with Crippen molar-refractivity contribution in [1.82, 2.24) is 10.7 Å². The van der Waals surface area contributed by atoms with Gasteiger partial charge in [-0.3, -0.25) is 5.43 Å². The minimum atomic E-state index is 0.156. The van der Waals surface area contributed by atoms with E-state index in [1.807, 2.05) is 0 Å². The van der Waals surface area contributed by atoms with Gasteiger partial charge < -0.3 is 10.4 Å². The first-order valence-corrected chi connectivity index (χ1v) is 6.90. The molecule has 0 saturated carbocycles. The Morgan fingerprint density at radius 1 is 1.44 bits per heavy atom. The van der Waals surface area contributed by atoms with Crippen LogP contribution in [-0.4, -0.2) is 23.0 Å². The number of aromatic hydroxyl groups is 1. The van der Waals surface area contributed by atoms with Gasteiger partial charge in [0.05, 0.1) is 15.2 Å². The van der Waals surface area contributed by atoms with Crippen molar-refractivity contribution in [2.24, 2.45) is 5.10 Å². The predicted molar refractivity (Wildman–Crippen MR) is 85.0 cm³/mol. The maximum atomic E-state index is 9.55. The molecule has 1 aromatic rings. The molecule has 0 saturated heterocycles. The van der Waals surface area contributed by atoms with Gasteiger partial charge in [0.2, 0.25) is 0 Å². The molecule has 0 bridgehead atoms. The first kappa shape index (κ1) is 15.1. The molecule has 18 heavy (non-hydrogen) atoms. The van der Waals surface area contributed by atoms with E-state index < -0.39 is 0 Å². The number of nitrogens with zero attached hydrogens (tertiary/aromatic N) is 1. The number of hydrazone groups is 1. The molecule has 0 radical (unpaired) electrons. The van der Waals surface area contributed by atoms with E-state index in [4.69, 9.17) is 12.2 Å². The van der Waals surface area contributed by atoms with Crippen molar-refractivity contribution in [2.45, 2.75) is 0 Å². The zero-order chi connectivity index (χ0) is 13.5. The van der Waals surface area contributed by atoms with Gasteiger partial charge in [0.25, 0.3) is 0 Å². The molecule has 0 amide bonds. The fourth-order valence-corrected chi connectivity index (χ4v) is 2.39. The maximum absolute atomic E-state index is 9.55. The van der Waals surface area contributed by atoms with Crippen molar-refractivity contribution in [3.8, 4) is 5.75 Å². The number of nitrogens with one attached hydrogen (secondary N) is 2. The fourth-order valence-electron chi connectivity index (χ4n) is 1.03. The molecule has 0 aliphatic heterocycles. The summed E-state index contributed by atoms with van der Waals surface area (Å²) < 4.78 is 1.18. The molecule has 96 valence electrons. The van der Waals surface area contributed by atoms with Crippen LogP contribution in [0.3, 0.4) is 0 Å². The molecule has 0 aromatic heterocycles. The number of benzene rings is 1. The number of hydrogen-bond acceptors (Lipinski definition) is 3. The third-order valence-corrected chi connectivity index (χ3v) is 3.27. The molecule has 0 aliphatic carbocycles. The maximum Gasteiger partial charge on any atom is 0.187 e. The Morgan fingerprint density at radius 3 is 2.61 bits per heavy atom. The molecule has 0 spiro atoms. The second-order valence-electron chi connectivity index (χ2n) is 3.20. The quantitative estimate of drug-likeness (QED) is 0.319. The highest BCUT2D eigenvalue weighted by atomic mass is 79.9. The smallest absolute Gasteiger partial charge is 0.187 e. The molecule has 3 N–H and O–H groups in total. The van der Waals surface area contributed by atoms with Crippen molar-refractivity contribution >= 4 is 55.4 Å². The lowest BCUT2D eigenvalue weighted by Crippen LogP contribution is -2.31. The highest BCUT2D eigenvalue weighted by Gasteiger charge is 2.04. The van der Waals surface area contributed by atoms with Crippen molar-refractivity contribution in [3.63, 3.8) is 0 Å². The molecule has 0 atom stereocenters. The Morgan fingerprint density at radius 2 is 2.06 bits per heavy atom. The van der Waals surface area contributed by atoms with E-state index in [1.54, 1.807) is 24.4 Å². The molecule has 0 fully saturated rings. The third-order valence-electron chi connectivity index (χ3n) is 1.83. The largest absolute Gasteiger partial charge is 0.506 e. The van der Waals surface area contributed by atoms with Crippen LogP contribution in [0.2, 0.25) is 0 Å². The SMILES string of the molecule is C=CCNC(=S)NN=Cc1cc(Br)c(O)c(Br)c1. The Labute approximate surface area is 127 Å². The Kier molecular flexibility index (Phi) is 6.31. The van der Waals surface area contributed by atoms with Crippen LogP contribution < -0.4 is 10.7 Å². The molecule has 7 heteroatoms. The number of phenols is 1. The first-order valence-electron chi connectivity index (χ1n) is 4.90. The zero-order valence-electron chi connectivity index (χ0n) is 9.28. The molecular formula is C11H11Br2N3OS. The number of hydrogen-bond donors (Lipinski definition) is 3.